The van der Waals surface area contributed by atoms with Crippen LogP contribution in [-0.2, 0) is 6.54 Å². The molecule has 10 heteroatoms. The van der Waals surface area contributed by atoms with Gasteiger partial charge in [0, 0.05) is 45.0 Å². The number of ether oxygens (including phenoxy) is 2. The van der Waals surface area contributed by atoms with Crippen LogP contribution >= 0.6 is 0 Å². The van der Waals surface area contributed by atoms with Crippen LogP contribution in [0.4, 0.5) is 11.5 Å². The molecule has 0 radical (unpaired) electrons. The first-order valence-electron chi connectivity index (χ1n) is 8.89. The van der Waals surface area contributed by atoms with E-state index < -0.39 is 4.92 Å². The quantitative estimate of drug-likeness (QED) is 0.364. The summed E-state index contributed by atoms with van der Waals surface area (Å²) in [5, 5.41) is 11.1. The molecule has 0 saturated carbocycles. The standard InChI is InChI=1S/C18H20N6O4/c19-18(21-17-14(24(25)26)2-1-5-20-17)23-8-6-22(7-9-23)11-13-3-4-15-16(10-13)28-12-27-15/h1-5,10H,6-9,11-12H2,(H2,19,20,21). The topological polar surface area (TPSA) is 119 Å². The maximum absolute atomic E-state index is 11.1. The molecule has 4 rings (SSSR count). The van der Waals surface area contributed by atoms with Gasteiger partial charge in [-0.25, -0.2) is 4.98 Å². The molecule has 3 heterocycles. The number of pyridine rings is 1. The molecule has 1 aromatic heterocycles. The zero-order chi connectivity index (χ0) is 19.5. The Balaban J connectivity index is 1.37. The number of aliphatic imine (C=N–C) groups is 1. The molecule has 2 aliphatic rings. The van der Waals surface area contributed by atoms with E-state index in [0.29, 0.717) is 13.1 Å². The van der Waals surface area contributed by atoms with Gasteiger partial charge in [0.1, 0.15) is 0 Å². The Labute approximate surface area is 161 Å². The van der Waals surface area contributed by atoms with E-state index in [0.717, 1.165) is 36.7 Å². The Morgan fingerprint density at radius 1 is 1.21 bits per heavy atom. The molecule has 2 N–H and O–H groups in total. The van der Waals surface area contributed by atoms with Crippen molar-refractivity contribution in [1.82, 2.24) is 14.8 Å². The first-order chi connectivity index (χ1) is 13.6. The predicted molar refractivity (Wildman–Crippen MR) is 102 cm³/mol. The lowest BCUT2D eigenvalue weighted by Gasteiger charge is -2.35. The van der Waals surface area contributed by atoms with E-state index in [4.69, 9.17) is 15.2 Å². The number of hydrogen-bond acceptors (Lipinski definition) is 7. The van der Waals surface area contributed by atoms with Crippen molar-refractivity contribution in [2.24, 2.45) is 10.7 Å². The number of guanidine groups is 1. The predicted octanol–water partition coefficient (Wildman–Crippen LogP) is 1.48. The number of aromatic nitrogens is 1. The van der Waals surface area contributed by atoms with Crippen molar-refractivity contribution in [1.29, 1.82) is 0 Å². The third-order valence-corrected chi connectivity index (χ3v) is 4.72. The fourth-order valence-corrected chi connectivity index (χ4v) is 3.23. The molecular formula is C18H20N6O4. The largest absolute Gasteiger partial charge is 0.454 e. The van der Waals surface area contributed by atoms with Gasteiger partial charge >= 0.3 is 5.69 Å². The second-order valence-electron chi connectivity index (χ2n) is 6.52. The van der Waals surface area contributed by atoms with E-state index >= 15 is 0 Å². The van der Waals surface area contributed by atoms with Gasteiger partial charge in [0.15, 0.2) is 17.5 Å². The summed E-state index contributed by atoms with van der Waals surface area (Å²) in [6, 6.07) is 8.84. The Bertz CT molecular complexity index is 911. The number of benzene rings is 1. The third-order valence-electron chi connectivity index (χ3n) is 4.72. The SMILES string of the molecule is N/C(=N\c1ncccc1[N+](=O)[O-])N1CCN(Cc2ccc3c(c2)OCO3)CC1. The normalized spacial score (nSPS) is 17.0. The van der Waals surface area contributed by atoms with Gasteiger partial charge < -0.3 is 20.1 Å². The highest BCUT2D eigenvalue weighted by Crippen LogP contribution is 2.32. The number of hydrogen-bond donors (Lipinski definition) is 1. The molecule has 0 aliphatic carbocycles. The van der Waals surface area contributed by atoms with Crippen LogP contribution in [0.3, 0.4) is 0 Å². The van der Waals surface area contributed by atoms with Crippen molar-refractivity contribution in [2.45, 2.75) is 6.54 Å². The van der Waals surface area contributed by atoms with Crippen molar-refractivity contribution >= 4 is 17.5 Å². The summed E-state index contributed by atoms with van der Waals surface area (Å²) in [5.41, 5.74) is 7.07. The van der Waals surface area contributed by atoms with Gasteiger partial charge in [-0.1, -0.05) is 6.07 Å². The van der Waals surface area contributed by atoms with Crippen LogP contribution < -0.4 is 15.2 Å². The summed E-state index contributed by atoms with van der Waals surface area (Å²) in [4.78, 5) is 22.9. The van der Waals surface area contributed by atoms with E-state index in [1.54, 1.807) is 0 Å². The smallest absolute Gasteiger partial charge is 0.313 e. The highest BCUT2D eigenvalue weighted by molar-refractivity contribution is 5.81. The van der Waals surface area contributed by atoms with E-state index in [1.807, 2.05) is 23.1 Å². The minimum Gasteiger partial charge on any atom is -0.454 e. The molecule has 2 aromatic rings. The van der Waals surface area contributed by atoms with Gasteiger partial charge in [0.25, 0.3) is 0 Å². The van der Waals surface area contributed by atoms with Crippen molar-refractivity contribution < 1.29 is 14.4 Å². The maximum Gasteiger partial charge on any atom is 0.313 e. The lowest BCUT2D eigenvalue weighted by atomic mass is 10.1. The minimum atomic E-state index is -0.511. The van der Waals surface area contributed by atoms with Crippen LogP contribution in [0.15, 0.2) is 41.5 Å². The number of rotatable bonds is 4. The van der Waals surface area contributed by atoms with E-state index in [1.165, 1.54) is 18.3 Å². The van der Waals surface area contributed by atoms with Gasteiger partial charge in [-0.3, -0.25) is 15.0 Å². The van der Waals surface area contributed by atoms with Crippen molar-refractivity contribution in [2.75, 3.05) is 33.0 Å². The molecule has 0 amide bonds. The van der Waals surface area contributed by atoms with E-state index in [9.17, 15) is 10.1 Å². The summed E-state index contributed by atoms with van der Waals surface area (Å²) in [6.45, 7) is 4.03. The monoisotopic (exact) mass is 384 g/mol. The average Bonchev–Trinajstić information content (AvgIpc) is 3.16. The zero-order valence-corrected chi connectivity index (χ0v) is 15.2. The second kappa shape index (κ2) is 7.69. The summed E-state index contributed by atoms with van der Waals surface area (Å²) >= 11 is 0. The molecule has 0 spiro atoms. The van der Waals surface area contributed by atoms with Gasteiger partial charge in [0.05, 0.1) is 4.92 Å². The van der Waals surface area contributed by atoms with Crippen LogP contribution in [0.1, 0.15) is 5.56 Å². The molecule has 2 aliphatic heterocycles. The van der Waals surface area contributed by atoms with Gasteiger partial charge in [-0.2, -0.15) is 4.99 Å². The van der Waals surface area contributed by atoms with Crippen LogP contribution in [0.25, 0.3) is 0 Å². The number of nitro groups is 1. The number of fused-ring (bicyclic) bond motifs is 1. The first-order valence-corrected chi connectivity index (χ1v) is 8.89. The highest BCUT2D eigenvalue weighted by Gasteiger charge is 2.21. The van der Waals surface area contributed by atoms with Crippen LogP contribution in [0, 0.1) is 10.1 Å². The maximum atomic E-state index is 11.1. The number of nitrogens with two attached hydrogens (primary N) is 1. The Kier molecular flexibility index (Phi) is 4.94. The molecule has 1 saturated heterocycles. The highest BCUT2D eigenvalue weighted by atomic mass is 16.7. The Morgan fingerprint density at radius 2 is 2.00 bits per heavy atom. The van der Waals surface area contributed by atoms with Gasteiger partial charge in [-0.05, 0) is 23.8 Å². The molecule has 10 nitrogen and oxygen atoms in total. The summed E-state index contributed by atoms with van der Waals surface area (Å²) in [7, 11) is 0. The first kappa shape index (κ1) is 18.0. The van der Waals surface area contributed by atoms with Gasteiger partial charge in [-0.15, -0.1) is 0 Å². The number of nitrogens with zero attached hydrogens (tertiary/aromatic N) is 5. The Morgan fingerprint density at radius 3 is 2.79 bits per heavy atom. The summed E-state index contributed by atoms with van der Waals surface area (Å²) < 4.78 is 10.8. The zero-order valence-electron chi connectivity index (χ0n) is 15.2. The van der Waals surface area contributed by atoms with Gasteiger partial charge in [0.2, 0.25) is 12.6 Å². The molecule has 0 unspecified atom stereocenters. The Hall–Kier alpha value is -3.40. The van der Waals surface area contributed by atoms with Crippen molar-refractivity contribution in [3.8, 4) is 11.5 Å². The second-order valence-corrected chi connectivity index (χ2v) is 6.52. The molecule has 146 valence electrons. The third kappa shape index (κ3) is 3.81. The molecule has 1 aromatic carbocycles. The van der Waals surface area contributed by atoms with Crippen molar-refractivity contribution in [3.05, 3.63) is 52.2 Å². The molecule has 0 atom stereocenters. The van der Waals surface area contributed by atoms with E-state index in [-0.39, 0.29) is 24.3 Å². The van der Waals surface area contributed by atoms with Crippen LogP contribution in [0.2, 0.25) is 0 Å². The molecule has 1 fully saturated rings. The van der Waals surface area contributed by atoms with Crippen LogP contribution in [-0.4, -0.2) is 58.6 Å². The van der Waals surface area contributed by atoms with Crippen molar-refractivity contribution in [3.63, 3.8) is 0 Å². The summed E-state index contributed by atoms with van der Waals surface area (Å²) in [5.74, 6) is 1.82. The lowest BCUT2D eigenvalue weighted by Crippen LogP contribution is -2.50. The summed E-state index contributed by atoms with van der Waals surface area (Å²) in [6.07, 6.45) is 1.46. The minimum absolute atomic E-state index is 0.0211. The average molecular weight is 384 g/mol. The lowest BCUT2D eigenvalue weighted by molar-refractivity contribution is -0.384. The fourth-order valence-electron chi connectivity index (χ4n) is 3.23. The van der Waals surface area contributed by atoms with E-state index in [2.05, 4.69) is 14.9 Å². The fraction of sp³-hybridized carbons (Fsp3) is 0.333. The molecule has 0 bridgehead atoms. The molecular weight excluding hydrogens is 364 g/mol. The van der Waals surface area contributed by atoms with Crippen LogP contribution in [0.5, 0.6) is 11.5 Å². The molecule has 28 heavy (non-hydrogen) atoms. The number of piperazine rings is 1.